The van der Waals surface area contributed by atoms with Gasteiger partial charge in [-0.15, -0.1) is 0 Å². The van der Waals surface area contributed by atoms with Crippen LogP contribution in [0, 0.1) is 11.3 Å². The summed E-state index contributed by atoms with van der Waals surface area (Å²) in [6.45, 7) is 0.945. The van der Waals surface area contributed by atoms with Crippen LogP contribution in [0.2, 0.25) is 0 Å². The second-order valence-electron chi connectivity index (χ2n) is 4.18. The van der Waals surface area contributed by atoms with Crippen molar-refractivity contribution in [1.82, 2.24) is 0 Å². The Morgan fingerprint density at radius 3 is 3.06 bits per heavy atom. The van der Waals surface area contributed by atoms with Crippen LogP contribution in [0.1, 0.15) is 28.8 Å². The zero-order valence-electron chi connectivity index (χ0n) is 9.47. The molecule has 1 fully saturated rings. The van der Waals surface area contributed by atoms with E-state index in [4.69, 9.17) is 5.26 Å². The van der Waals surface area contributed by atoms with E-state index in [9.17, 15) is 9.90 Å². The van der Waals surface area contributed by atoms with Crippen molar-refractivity contribution in [3.05, 3.63) is 29.3 Å². The maximum absolute atomic E-state index is 10.7. The minimum atomic E-state index is 0.0872. The van der Waals surface area contributed by atoms with E-state index in [1.165, 1.54) is 0 Å². The third kappa shape index (κ3) is 2.15. The van der Waals surface area contributed by atoms with Crippen LogP contribution < -0.4 is 4.90 Å². The number of aliphatic hydroxyl groups excluding tert-OH is 1. The highest BCUT2D eigenvalue weighted by Gasteiger charge is 2.25. The molecule has 1 atom stereocenters. The van der Waals surface area contributed by atoms with Crippen LogP contribution in [-0.2, 0) is 0 Å². The maximum atomic E-state index is 10.7. The Kier molecular flexibility index (Phi) is 3.40. The van der Waals surface area contributed by atoms with Gasteiger partial charge in [-0.1, -0.05) is 0 Å². The summed E-state index contributed by atoms with van der Waals surface area (Å²) >= 11 is 0. The van der Waals surface area contributed by atoms with Gasteiger partial charge in [0.25, 0.3) is 0 Å². The van der Waals surface area contributed by atoms with Crippen LogP contribution in [0.5, 0.6) is 0 Å². The van der Waals surface area contributed by atoms with Crippen molar-refractivity contribution < 1.29 is 9.90 Å². The average Bonchev–Trinajstić information content (AvgIpc) is 2.85. The second kappa shape index (κ2) is 4.98. The molecule has 0 radical (unpaired) electrons. The fourth-order valence-corrected chi connectivity index (χ4v) is 2.31. The summed E-state index contributed by atoms with van der Waals surface area (Å²) in [5.41, 5.74) is 1.81. The van der Waals surface area contributed by atoms with Crippen molar-refractivity contribution in [2.75, 3.05) is 18.1 Å². The smallest absolute Gasteiger partial charge is 0.150 e. The molecule has 4 heteroatoms. The Balaban J connectivity index is 2.38. The molecule has 0 aromatic heterocycles. The third-order valence-electron chi connectivity index (χ3n) is 3.17. The zero-order valence-corrected chi connectivity index (χ0v) is 9.47. The van der Waals surface area contributed by atoms with Crippen molar-refractivity contribution in [2.45, 2.75) is 18.9 Å². The fraction of sp³-hybridized carbons (Fsp3) is 0.385. The van der Waals surface area contributed by atoms with E-state index in [0.29, 0.717) is 11.1 Å². The number of aliphatic hydroxyl groups is 1. The number of anilines is 1. The number of nitrogens with zero attached hydrogens (tertiary/aromatic N) is 2. The van der Waals surface area contributed by atoms with E-state index in [-0.39, 0.29) is 12.6 Å². The van der Waals surface area contributed by atoms with E-state index < -0.39 is 0 Å². The first-order chi connectivity index (χ1) is 8.30. The van der Waals surface area contributed by atoms with Gasteiger partial charge in [-0.3, -0.25) is 4.79 Å². The molecule has 1 heterocycles. The first kappa shape index (κ1) is 11.6. The molecular formula is C13H14N2O2. The van der Waals surface area contributed by atoms with Crippen molar-refractivity contribution in [3.63, 3.8) is 0 Å². The Morgan fingerprint density at radius 2 is 2.41 bits per heavy atom. The summed E-state index contributed by atoms with van der Waals surface area (Å²) < 4.78 is 0. The lowest BCUT2D eigenvalue weighted by Crippen LogP contribution is -2.32. The summed E-state index contributed by atoms with van der Waals surface area (Å²) in [6, 6.07) is 7.28. The van der Waals surface area contributed by atoms with Crippen molar-refractivity contribution in [2.24, 2.45) is 0 Å². The highest BCUT2D eigenvalue weighted by atomic mass is 16.3. The SMILES string of the molecule is N#Cc1cc(C=O)ccc1N1CCCC1CO. The van der Waals surface area contributed by atoms with Gasteiger partial charge in [0.15, 0.2) is 0 Å². The van der Waals surface area contributed by atoms with E-state index in [2.05, 4.69) is 6.07 Å². The minimum Gasteiger partial charge on any atom is -0.394 e. The molecule has 2 rings (SSSR count). The first-order valence-electron chi connectivity index (χ1n) is 5.67. The molecule has 1 saturated heterocycles. The van der Waals surface area contributed by atoms with E-state index in [1.54, 1.807) is 18.2 Å². The number of carbonyl (C=O) groups is 1. The molecule has 1 aromatic rings. The average molecular weight is 230 g/mol. The summed E-state index contributed by atoms with van der Waals surface area (Å²) in [7, 11) is 0. The van der Waals surface area contributed by atoms with Crippen LogP contribution in [0.4, 0.5) is 5.69 Å². The molecule has 1 aliphatic heterocycles. The van der Waals surface area contributed by atoms with Crippen LogP contribution in [0.25, 0.3) is 0 Å². The fourth-order valence-electron chi connectivity index (χ4n) is 2.31. The van der Waals surface area contributed by atoms with Gasteiger partial charge < -0.3 is 10.0 Å². The lowest BCUT2D eigenvalue weighted by atomic mass is 10.1. The monoisotopic (exact) mass is 230 g/mol. The van der Waals surface area contributed by atoms with Crippen LogP contribution in [-0.4, -0.2) is 30.6 Å². The molecule has 1 unspecified atom stereocenters. The quantitative estimate of drug-likeness (QED) is 0.796. The Bertz CT molecular complexity index is 465. The molecule has 0 spiro atoms. The van der Waals surface area contributed by atoms with E-state index >= 15 is 0 Å². The number of nitriles is 1. The van der Waals surface area contributed by atoms with Gasteiger partial charge in [0.1, 0.15) is 12.4 Å². The topological polar surface area (TPSA) is 64.3 Å². The molecule has 1 aliphatic rings. The summed E-state index contributed by atoms with van der Waals surface area (Å²) in [6.07, 6.45) is 2.69. The van der Waals surface area contributed by atoms with Gasteiger partial charge in [-0.05, 0) is 31.0 Å². The van der Waals surface area contributed by atoms with Gasteiger partial charge >= 0.3 is 0 Å². The standard InChI is InChI=1S/C13H14N2O2/c14-7-11-6-10(8-16)3-4-13(11)15-5-1-2-12(15)9-17/h3-4,6,8,12,17H,1-2,5,9H2. The summed E-state index contributed by atoms with van der Waals surface area (Å²) in [5, 5.41) is 18.4. The zero-order chi connectivity index (χ0) is 12.3. The highest BCUT2D eigenvalue weighted by molar-refractivity contribution is 5.78. The Labute approximate surface area is 100 Å². The number of carbonyl (C=O) groups excluding carboxylic acids is 1. The molecular weight excluding hydrogens is 216 g/mol. The van der Waals surface area contributed by atoms with E-state index in [0.717, 1.165) is 31.4 Å². The van der Waals surface area contributed by atoms with Crippen molar-refractivity contribution in [3.8, 4) is 6.07 Å². The maximum Gasteiger partial charge on any atom is 0.150 e. The minimum absolute atomic E-state index is 0.0872. The molecule has 0 amide bonds. The predicted molar refractivity (Wildman–Crippen MR) is 64.0 cm³/mol. The van der Waals surface area contributed by atoms with Crippen LogP contribution >= 0.6 is 0 Å². The number of benzene rings is 1. The molecule has 0 saturated carbocycles. The first-order valence-corrected chi connectivity index (χ1v) is 5.67. The second-order valence-corrected chi connectivity index (χ2v) is 4.18. The lowest BCUT2D eigenvalue weighted by Gasteiger charge is -2.26. The van der Waals surface area contributed by atoms with Gasteiger partial charge in [-0.25, -0.2) is 0 Å². The molecule has 88 valence electrons. The molecule has 1 N–H and O–H groups in total. The van der Waals surface area contributed by atoms with Gasteiger partial charge in [0.2, 0.25) is 0 Å². The number of hydrogen-bond acceptors (Lipinski definition) is 4. The molecule has 0 aliphatic carbocycles. The number of rotatable bonds is 3. The summed E-state index contributed by atoms with van der Waals surface area (Å²) in [5.74, 6) is 0. The Morgan fingerprint density at radius 1 is 1.59 bits per heavy atom. The molecule has 0 bridgehead atoms. The van der Waals surface area contributed by atoms with Crippen molar-refractivity contribution >= 4 is 12.0 Å². The van der Waals surface area contributed by atoms with Gasteiger partial charge in [-0.2, -0.15) is 5.26 Å². The van der Waals surface area contributed by atoms with Gasteiger partial charge in [0, 0.05) is 12.1 Å². The lowest BCUT2D eigenvalue weighted by molar-refractivity contribution is 0.112. The third-order valence-corrected chi connectivity index (χ3v) is 3.17. The van der Waals surface area contributed by atoms with Gasteiger partial charge in [0.05, 0.1) is 23.9 Å². The predicted octanol–water partition coefficient (Wildman–Crippen LogP) is 1.33. The molecule has 1 aromatic carbocycles. The van der Waals surface area contributed by atoms with E-state index in [1.807, 2.05) is 4.90 Å². The highest BCUT2D eigenvalue weighted by Crippen LogP contribution is 2.28. The normalized spacial score (nSPS) is 19.1. The van der Waals surface area contributed by atoms with Crippen molar-refractivity contribution in [1.29, 1.82) is 5.26 Å². The van der Waals surface area contributed by atoms with Crippen LogP contribution in [0.15, 0.2) is 18.2 Å². The largest absolute Gasteiger partial charge is 0.394 e. The molecule has 17 heavy (non-hydrogen) atoms. The number of hydrogen-bond donors (Lipinski definition) is 1. The Hall–Kier alpha value is -1.86. The van der Waals surface area contributed by atoms with Crippen LogP contribution in [0.3, 0.4) is 0 Å². The molecule has 4 nitrogen and oxygen atoms in total. The number of aldehydes is 1. The summed E-state index contributed by atoms with van der Waals surface area (Å²) in [4.78, 5) is 12.7.